The maximum atomic E-state index is 11.7. The number of nitrogens with zero attached hydrogens (tertiary/aromatic N) is 1. The highest BCUT2D eigenvalue weighted by Gasteiger charge is 2.14. The molecule has 0 saturated heterocycles. The lowest BCUT2D eigenvalue weighted by molar-refractivity contribution is -0.137. The van der Waals surface area contributed by atoms with Crippen molar-refractivity contribution in [3.05, 3.63) is 24.0 Å². The zero-order valence-corrected chi connectivity index (χ0v) is 9.51. The Bertz CT molecular complexity index is 420. The van der Waals surface area contributed by atoms with E-state index < -0.39 is 5.97 Å². The van der Waals surface area contributed by atoms with Gasteiger partial charge in [0, 0.05) is 18.7 Å². The first-order chi connectivity index (χ1) is 8.00. The van der Waals surface area contributed by atoms with Crippen LogP contribution >= 0.6 is 0 Å². The number of nitrogens with two attached hydrogens (primary N) is 1. The number of carboxylic acid groups (broad SMARTS) is 1. The van der Waals surface area contributed by atoms with Crippen molar-refractivity contribution in [3.63, 3.8) is 0 Å². The molecule has 0 spiro atoms. The maximum absolute atomic E-state index is 11.7. The van der Waals surface area contributed by atoms with E-state index in [0.717, 1.165) is 0 Å². The van der Waals surface area contributed by atoms with Gasteiger partial charge >= 0.3 is 5.97 Å². The summed E-state index contributed by atoms with van der Waals surface area (Å²) in [5, 5.41) is 11.2. The zero-order chi connectivity index (χ0) is 12.8. The predicted octanol–water partition coefficient (Wildman–Crippen LogP) is 0.647. The number of hydrogen-bond donors (Lipinski definition) is 3. The third kappa shape index (κ3) is 4.10. The number of carbonyl (C=O) groups excluding carboxylic acids is 1. The van der Waals surface area contributed by atoms with Crippen LogP contribution in [0, 0.1) is 0 Å². The topological polar surface area (TPSA) is 105 Å². The highest BCUT2D eigenvalue weighted by molar-refractivity contribution is 5.97. The van der Waals surface area contributed by atoms with E-state index >= 15 is 0 Å². The summed E-state index contributed by atoms with van der Waals surface area (Å²) in [5.74, 6) is -1.27. The number of hydrogen-bond acceptors (Lipinski definition) is 4. The molecule has 0 aliphatic rings. The second-order valence-electron chi connectivity index (χ2n) is 3.75. The molecule has 1 aromatic rings. The average Bonchev–Trinajstić information content (AvgIpc) is 2.26. The summed E-state index contributed by atoms with van der Waals surface area (Å²) >= 11 is 0. The van der Waals surface area contributed by atoms with Gasteiger partial charge in [0.05, 0.1) is 5.69 Å². The Hall–Kier alpha value is -2.11. The lowest BCUT2D eigenvalue weighted by Crippen LogP contribution is -2.33. The molecule has 92 valence electrons. The fourth-order valence-electron chi connectivity index (χ4n) is 1.31. The number of aromatic nitrogens is 1. The third-order valence-corrected chi connectivity index (χ3v) is 2.22. The Morgan fingerprint density at radius 2 is 2.29 bits per heavy atom. The van der Waals surface area contributed by atoms with Gasteiger partial charge < -0.3 is 16.2 Å². The van der Waals surface area contributed by atoms with E-state index in [1.807, 2.05) is 0 Å². The Morgan fingerprint density at radius 3 is 2.88 bits per heavy atom. The van der Waals surface area contributed by atoms with Crippen LogP contribution in [0.4, 0.5) is 5.69 Å². The van der Waals surface area contributed by atoms with Crippen molar-refractivity contribution < 1.29 is 14.7 Å². The molecule has 1 amide bonds. The van der Waals surface area contributed by atoms with Gasteiger partial charge in [-0.1, -0.05) is 0 Å². The fraction of sp³-hybridized carbons (Fsp3) is 0.364. The fourth-order valence-corrected chi connectivity index (χ4v) is 1.31. The van der Waals surface area contributed by atoms with E-state index in [0.29, 0.717) is 12.1 Å². The lowest BCUT2D eigenvalue weighted by Gasteiger charge is -2.12. The van der Waals surface area contributed by atoms with Gasteiger partial charge in [0.1, 0.15) is 0 Å². The highest BCUT2D eigenvalue weighted by atomic mass is 16.4. The van der Waals surface area contributed by atoms with Gasteiger partial charge in [-0.15, -0.1) is 0 Å². The number of carboxylic acids is 1. The second kappa shape index (κ2) is 5.83. The zero-order valence-electron chi connectivity index (χ0n) is 9.51. The van der Waals surface area contributed by atoms with Crippen molar-refractivity contribution in [2.24, 2.45) is 0 Å². The van der Waals surface area contributed by atoms with Crippen molar-refractivity contribution in [1.29, 1.82) is 0 Å². The van der Waals surface area contributed by atoms with Crippen molar-refractivity contribution in [2.45, 2.75) is 25.8 Å². The van der Waals surface area contributed by atoms with Crippen LogP contribution in [-0.4, -0.2) is 28.0 Å². The van der Waals surface area contributed by atoms with Crippen molar-refractivity contribution in [2.75, 3.05) is 5.73 Å². The van der Waals surface area contributed by atoms with Crippen LogP contribution in [0.1, 0.15) is 30.3 Å². The molecule has 1 aromatic heterocycles. The van der Waals surface area contributed by atoms with E-state index in [1.54, 1.807) is 19.1 Å². The molecule has 0 aliphatic carbocycles. The summed E-state index contributed by atoms with van der Waals surface area (Å²) in [4.78, 5) is 26.0. The van der Waals surface area contributed by atoms with E-state index in [1.165, 1.54) is 6.20 Å². The van der Waals surface area contributed by atoms with Gasteiger partial charge in [-0.2, -0.15) is 0 Å². The minimum absolute atomic E-state index is 0.0130. The molecule has 1 heterocycles. The summed E-state index contributed by atoms with van der Waals surface area (Å²) in [6.45, 7) is 1.74. The number of pyridine rings is 1. The van der Waals surface area contributed by atoms with Crippen molar-refractivity contribution in [3.8, 4) is 0 Å². The van der Waals surface area contributed by atoms with Crippen molar-refractivity contribution >= 4 is 17.6 Å². The minimum Gasteiger partial charge on any atom is -0.481 e. The summed E-state index contributed by atoms with van der Waals surface area (Å²) < 4.78 is 0. The molecule has 4 N–H and O–H groups in total. The molecule has 0 aromatic carbocycles. The normalized spacial score (nSPS) is 11.8. The molecule has 6 heteroatoms. The second-order valence-corrected chi connectivity index (χ2v) is 3.75. The first-order valence-corrected chi connectivity index (χ1v) is 5.24. The van der Waals surface area contributed by atoms with Gasteiger partial charge in [-0.3, -0.25) is 9.59 Å². The van der Waals surface area contributed by atoms with Crippen LogP contribution < -0.4 is 11.1 Å². The van der Waals surface area contributed by atoms with E-state index in [2.05, 4.69) is 10.3 Å². The number of nitrogen functional groups attached to an aromatic ring is 1. The molecule has 0 fully saturated rings. The Balaban J connectivity index is 2.55. The monoisotopic (exact) mass is 237 g/mol. The molecule has 0 radical (unpaired) electrons. The van der Waals surface area contributed by atoms with E-state index in [9.17, 15) is 9.59 Å². The van der Waals surface area contributed by atoms with Crippen LogP contribution in [0.2, 0.25) is 0 Å². The number of amides is 1. The van der Waals surface area contributed by atoms with Gasteiger partial charge in [0.15, 0.2) is 5.69 Å². The van der Waals surface area contributed by atoms with Crippen LogP contribution in [0.5, 0.6) is 0 Å². The van der Waals surface area contributed by atoms with E-state index in [-0.39, 0.29) is 24.1 Å². The van der Waals surface area contributed by atoms with Crippen LogP contribution in [0.15, 0.2) is 18.3 Å². The molecule has 1 atom stereocenters. The Labute approximate surface area is 98.8 Å². The maximum Gasteiger partial charge on any atom is 0.303 e. The molecule has 0 saturated carbocycles. The highest BCUT2D eigenvalue weighted by Crippen LogP contribution is 2.07. The number of carbonyl (C=O) groups is 2. The largest absolute Gasteiger partial charge is 0.481 e. The quantitative estimate of drug-likeness (QED) is 0.697. The molecular formula is C11H15N3O3. The summed E-state index contributed by atoms with van der Waals surface area (Å²) in [6, 6.07) is 2.99. The summed E-state index contributed by atoms with van der Waals surface area (Å²) in [5.41, 5.74) is 6.06. The molecular weight excluding hydrogens is 222 g/mol. The van der Waals surface area contributed by atoms with Gasteiger partial charge in [0.25, 0.3) is 5.91 Å². The first kappa shape index (κ1) is 13.0. The van der Waals surface area contributed by atoms with E-state index in [4.69, 9.17) is 10.8 Å². The predicted molar refractivity (Wildman–Crippen MR) is 62.4 cm³/mol. The third-order valence-electron chi connectivity index (χ3n) is 2.22. The molecule has 6 nitrogen and oxygen atoms in total. The number of aliphatic carboxylic acids is 1. The average molecular weight is 237 g/mol. The smallest absolute Gasteiger partial charge is 0.303 e. The molecule has 0 bridgehead atoms. The van der Waals surface area contributed by atoms with Gasteiger partial charge in [-0.05, 0) is 25.5 Å². The lowest BCUT2D eigenvalue weighted by atomic mass is 10.1. The summed E-state index contributed by atoms with van der Waals surface area (Å²) in [6.07, 6.45) is 1.86. The molecule has 1 unspecified atom stereocenters. The SMILES string of the molecule is CC(CCC(=O)O)NC(=O)c1ncccc1N. The van der Waals surface area contributed by atoms with Gasteiger partial charge in [-0.25, -0.2) is 4.98 Å². The van der Waals surface area contributed by atoms with Crippen LogP contribution in [0.3, 0.4) is 0 Å². The molecule has 1 rings (SSSR count). The first-order valence-electron chi connectivity index (χ1n) is 5.24. The van der Waals surface area contributed by atoms with Crippen molar-refractivity contribution in [1.82, 2.24) is 10.3 Å². The van der Waals surface area contributed by atoms with Crippen LogP contribution in [0.25, 0.3) is 0 Å². The minimum atomic E-state index is -0.886. The Morgan fingerprint density at radius 1 is 1.59 bits per heavy atom. The molecule has 0 aliphatic heterocycles. The Kier molecular flexibility index (Phi) is 4.45. The number of nitrogens with one attached hydrogen (secondary N) is 1. The summed E-state index contributed by atoms with van der Waals surface area (Å²) in [7, 11) is 0. The standard InChI is InChI=1S/C11H15N3O3/c1-7(4-5-9(15)16)14-11(17)10-8(12)3-2-6-13-10/h2-3,6-7H,4-5,12H2,1H3,(H,14,17)(H,15,16). The molecule has 17 heavy (non-hydrogen) atoms. The van der Waals surface area contributed by atoms with Gasteiger partial charge in [0.2, 0.25) is 0 Å². The number of rotatable bonds is 5. The number of anilines is 1. The van der Waals surface area contributed by atoms with Crippen LogP contribution in [-0.2, 0) is 4.79 Å².